The Morgan fingerprint density at radius 2 is 1.31 bits per heavy atom. The van der Waals surface area contributed by atoms with Crippen LogP contribution in [0.25, 0.3) is 0 Å². The Hall–Kier alpha value is -1.08. The second-order valence-corrected chi connectivity index (χ2v) is 21.4. The molecule has 0 aromatic heterocycles. The number of hydrogen-bond acceptors (Lipinski definition) is 0. The van der Waals surface area contributed by atoms with Crippen LogP contribution in [0.1, 0.15) is 81.1 Å². The monoisotopic (exact) mass is 504 g/mol. The van der Waals surface area contributed by atoms with Crippen molar-refractivity contribution in [2.45, 2.75) is 106 Å². The number of fused-ring (bicyclic) bond motifs is 3. The molecule has 0 spiro atoms. The van der Waals surface area contributed by atoms with E-state index in [1.54, 1.807) is 11.1 Å². The van der Waals surface area contributed by atoms with Gasteiger partial charge in [0.2, 0.25) is 0 Å². The van der Waals surface area contributed by atoms with Crippen LogP contribution in [0.2, 0.25) is 24.7 Å². The smallest absolute Gasteiger partial charge is 0.0508 e. The average Bonchev–Trinajstić information content (AvgIpc) is 3.40. The second-order valence-electron chi connectivity index (χ2n) is 16.1. The van der Waals surface area contributed by atoms with Crippen LogP contribution < -0.4 is 0 Å². The molecular formula is C35H56Si. The highest BCUT2D eigenvalue weighted by atomic mass is 28.3. The average molecular weight is 505 g/mol. The zero-order valence-corrected chi connectivity index (χ0v) is 26.3. The van der Waals surface area contributed by atoms with Crippen molar-refractivity contribution >= 4 is 8.07 Å². The van der Waals surface area contributed by atoms with Gasteiger partial charge in [0.25, 0.3) is 0 Å². The Labute approximate surface area is 225 Å². The van der Waals surface area contributed by atoms with Crippen LogP contribution >= 0.6 is 0 Å². The van der Waals surface area contributed by atoms with Crippen molar-refractivity contribution in [1.82, 2.24) is 0 Å². The van der Waals surface area contributed by atoms with Gasteiger partial charge in [-0.05, 0) is 87.7 Å². The molecule has 0 heterocycles. The molecular weight excluding hydrogens is 448 g/mol. The lowest BCUT2D eigenvalue weighted by molar-refractivity contribution is 0.0740. The first-order chi connectivity index (χ1) is 16.6. The van der Waals surface area contributed by atoms with Gasteiger partial charge < -0.3 is 0 Å². The molecule has 0 nitrogen and oxygen atoms in total. The molecule has 0 aromatic carbocycles. The molecule has 200 valence electrons. The number of hydrogen-bond donors (Lipinski definition) is 0. The molecule has 4 aliphatic carbocycles. The minimum absolute atomic E-state index is 0.214. The summed E-state index contributed by atoms with van der Waals surface area (Å²) in [5.41, 5.74) is 4.85. The van der Waals surface area contributed by atoms with Crippen LogP contribution in [0.3, 0.4) is 0 Å². The Morgan fingerprint density at radius 1 is 0.806 bits per heavy atom. The predicted molar refractivity (Wildman–Crippen MR) is 163 cm³/mol. The third kappa shape index (κ3) is 5.12. The molecule has 1 heteroatoms. The van der Waals surface area contributed by atoms with E-state index in [2.05, 4.69) is 118 Å². The van der Waals surface area contributed by atoms with Gasteiger partial charge in [0, 0.05) is 0 Å². The van der Waals surface area contributed by atoms with Gasteiger partial charge in [-0.15, -0.1) is 6.58 Å². The summed E-state index contributed by atoms with van der Waals surface area (Å²) in [6.07, 6.45) is 23.4. The van der Waals surface area contributed by atoms with Crippen molar-refractivity contribution in [3.8, 4) is 0 Å². The highest BCUT2D eigenvalue weighted by Gasteiger charge is 2.57. The largest absolute Gasteiger partial charge is 0.103 e. The molecule has 0 N–H and O–H groups in total. The minimum Gasteiger partial charge on any atom is -0.103 e. The molecule has 2 fully saturated rings. The molecule has 0 radical (unpaired) electrons. The fraction of sp³-hybridized carbons (Fsp3) is 0.714. The third-order valence-electron chi connectivity index (χ3n) is 11.1. The minimum atomic E-state index is -1.21. The fourth-order valence-corrected chi connectivity index (χ4v) is 11.7. The molecule has 0 aliphatic heterocycles. The first kappa shape index (κ1) is 27.9. The van der Waals surface area contributed by atoms with Crippen LogP contribution in [0.15, 0.2) is 60.3 Å². The normalized spacial score (nSPS) is 34.8. The Bertz CT molecular complexity index is 902. The Kier molecular flexibility index (Phi) is 7.44. The SMILES string of the molecule is C=CCC[Si](C)(C)C1CCC(C(C)(C)C2C3C=C(C(C)(C)C)C=CC3C3C=CC(C(C)(C)C)=CC32)C1. The summed E-state index contributed by atoms with van der Waals surface area (Å²) in [6, 6.07) is 1.41. The maximum absolute atomic E-state index is 4.02. The maximum Gasteiger partial charge on any atom is 0.0508 e. The van der Waals surface area contributed by atoms with Crippen LogP contribution in [-0.2, 0) is 0 Å². The van der Waals surface area contributed by atoms with E-state index in [9.17, 15) is 0 Å². The van der Waals surface area contributed by atoms with E-state index in [0.29, 0.717) is 35.0 Å². The summed E-state index contributed by atoms with van der Waals surface area (Å²) in [6.45, 7) is 29.0. The first-order valence-electron chi connectivity index (χ1n) is 15.0. The summed E-state index contributed by atoms with van der Waals surface area (Å²) in [5, 5.41) is 0. The first-order valence-corrected chi connectivity index (χ1v) is 18.3. The number of rotatable bonds is 6. The van der Waals surface area contributed by atoms with Crippen molar-refractivity contribution < 1.29 is 0 Å². The molecule has 36 heavy (non-hydrogen) atoms. The Morgan fingerprint density at radius 3 is 1.75 bits per heavy atom. The van der Waals surface area contributed by atoms with Crippen LogP contribution in [0, 0.1) is 51.8 Å². The summed E-state index contributed by atoms with van der Waals surface area (Å²) in [4.78, 5) is 0. The molecule has 4 aliphatic rings. The molecule has 0 aromatic rings. The van der Waals surface area contributed by atoms with E-state index < -0.39 is 8.07 Å². The molecule has 6 atom stereocenters. The molecule has 0 bridgehead atoms. The second kappa shape index (κ2) is 9.59. The van der Waals surface area contributed by atoms with Gasteiger partial charge in [0.15, 0.2) is 0 Å². The molecule has 6 unspecified atom stereocenters. The standard InChI is InChI=1S/C35H56Si/c1-12-13-20-36(10,11)27-17-14-26(21-27)35(8,9)32-30-22-24(33(2,3)4)15-18-28(30)29-19-16-25(23-31(29)32)34(5,6)7/h12,15-16,18-19,22-23,26-32H,1,13-14,17,20-21H2,2-11H3. The summed E-state index contributed by atoms with van der Waals surface area (Å²) >= 11 is 0. The molecule has 2 saturated carbocycles. The maximum atomic E-state index is 4.02. The summed E-state index contributed by atoms with van der Waals surface area (Å²) in [7, 11) is -1.21. The van der Waals surface area contributed by atoms with Gasteiger partial charge in [-0.25, -0.2) is 0 Å². The van der Waals surface area contributed by atoms with E-state index in [1.807, 2.05) is 0 Å². The number of allylic oxidation sites excluding steroid dienone is 9. The predicted octanol–water partition coefficient (Wildman–Crippen LogP) is 10.6. The zero-order chi connectivity index (χ0) is 26.7. The molecule has 4 rings (SSSR count). The third-order valence-corrected chi connectivity index (χ3v) is 15.4. The summed E-state index contributed by atoms with van der Waals surface area (Å²) < 4.78 is 0. The van der Waals surface area contributed by atoms with Crippen LogP contribution in [0.5, 0.6) is 0 Å². The topological polar surface area (TPSA) is 0 Å². The van der Waals surface area contributed by atoms with E-state index in [-0.39, 0.29) is 10.8 Å². The lowest BCUT2D eigenvalue weighted by Gasteiger charge is -2.45. The fourth-order valence-electron chi connectivity index (χ4n) is 8.46. The van der Waals surface area contributed by atoms with Crippen molar-refractivity contribution in [3.05, 3.63) is 60.3 Å². The molecule has 0 saturated heterocycles. The van der Waals surface area contributed by atoms with E-state index in [0.717, 1.165) is 11.5 Å². The quantitative estimate of drug-likeness (QED) is 0.249. The van der Waals surface area contributed by atoms with E-state index in [1.165, 1.54) is 31.7 Å². The zero-order valence-electron chi connectivity index (χ0n) is 25.3. The van der Waals surface area contributed by atoms with Gasteiger partial charge in [0.05, 0.1) is 8.07 Å². The van der Waals surface area contributed by atoms with Crippen molar-refractivity contribution in [1.29, 1.82) is 0 Å². The van der Waals surface area contributed by atoms with Gasteiger partial charge in [-0.3, -0.25) is 0 Å². The Balaban J connectivity index is 1.70. The van der Waals surface area contributed by atoms with Crippen molar-refractivity contribution in [2.24, 2.45) is 51.8 Å². The van der Waals surface area contributed by atoms with E-state index in [4.69, 9.17) is 0 Å². The van der Waals surface area contributed by atoms with Crippen molar-refractivity contribution in [3.63, 3.8) is 0 Å². The highest BCUT2D eigenvalue weighted by molar-refractivity contribution is 6.78. The van der Waals surface area contributed by atoms with Crippen LogP contribution in [-0.4, -0.2) is 8.07 Å². The highest BCUT2D eigenvalue weighted by Crippen LogP contribution is 2.63. The lowest BCUT2D eigenvalue weighted by atomic mass is 9.60. The van der Waals surface area contributed by atoms with Crippen molar-refractivity contribution in [2.75, 3.05) is 0 Å². The molecule has 0 amide bonds. The van der Waals surface area contributed by atoms with Gasteiger partial charge >= 0.3 is 0 Å². The van der Waals surface area contributed by atoms with Gasteiger partial charge in [-0.1, -0.05) is 123 Å². The lowest BCUT2D eigenvalue weighted by Crippen LogP contribution is -2.39. The van der Waals surface area contributed by atoms with Gasteiger partial charge in [-0.2, -0.15) is 0 Å². The van der Waals surface area contributed by atoms with Gasteiger partial charge in [0.1, 0.15) is 0 Å². The van der Waals surface area contributed by atoms with E-state index >= 15 is 0 Å². The van der Waals surface area contributed by atoms with Crippen LogP contribution in [0.4, 0.5) is 0 Å². The summed E-state index contributed by atoms with van der Waals surface area (Å²) in [5.74, 6) is 4.15.